The van der Waals surface area contributed by atoms with E-state index in [-0.39, 0.29) is 6.61 Å². The van der Waals surface area contributed by atoms with Crippen molar-refractivity contribution in [2.45, 2.75) is 19.8 Å². The van der Waals surface area contributed by atoms with Gasteiger partial charge in [0.15, 0.2) is 0 Å². The largest absolute Gasteiger partial charge is 0.463 e. The van der Waals surface area contributed by atoms with Gasteiger partial charge in [-0.05, 0) is 43.7 Å². The van der Waals surface area contributed by atoms with Gasteiger partial charge in [-0.15, -0.1) is 0 Å². The van der Waals surface area contributed by atoms with Gasteiger partial charge in [-0.1, -0.05) is 66.7 Å². The number of allylic oxidation sites excluding steroid dienone is 1. The van der Waals surface area contributed by atoms with Crippen molar-refractivity contribution in [1.29, 1.82) is 0 Å². The zero-order chi connectivity index (χ0) is 25.1. The fourth-order valence-corrected chi connectivity index (χ4v) is 4.57. The molecule has 1 unspecified atom stereocenters. The maximum Gasteiger partial charge on any atom is 0.355 e. The molecule has 0 radical (unpaired) electrons. The Hall–Kier alpha value is -4.65. The average Bonchev–Trinajstić information content (AvgIpc) is 2.89. The molecule has 5 rings (SSSR count). The molecule has 1 aromatic heterocycles. The summed E-state index contributed by atoms with van der Waals surface area (Å²) in [6.07, 6.45) is 0. The second-order valence-corrected chi connectivity index (χ2v) is 8.40. The topological polar surface area (TPSA) is 85.2 Å². The van der Waals surface area contributed by atoms with Crippen molar-refractivity contribution in [3.63, 3.8) is 0 Å². The molecule has 0 amide bonds. The summed E-state index contributed by atoms with van der Waals surface area (Å²) in [6.45, 7) is 3.86. The van der Waals surface area contributed by atoms with E-state index in [9.17, 15) is 9.59 Å². The Balaban J connectivity index is 1.83. The number of carbonyl (C=O) groups excluding carboxylic acids is 1. The molecule has 0 fully saturated rings. The van der Waals surface area contributed by atoms with Crippen LogP contribution in [0.15, 0.2) is 107 Å². The minimum absolute atomic E-state index is 0.251. The maximum absolute atomic E-state index is 13.4. The van der Waals surface area contributed by atoms with Crippen LogP contribution in [-0.4, -0.2) is 22.1 Å². The normalized spacial score (nSPS) is 14.6. The highest BCUT2D eigenvalue weighted by Gasteiger charge is 2.37. The number of fused-ring (bicyclic) bond motifs is 1. The molecule has 2 heterocycles. The summed E-state index contributed by atoms with van der Waals surface area (Å²) in [6, 6.07) is 28.6. The lowest BCUT2D eigenvalue weighted by atomic mass is 9.81. The summed E-state index contributed by atoms with van der Waals surface area (Å²) in [7, 11) is 0. The molecule has 180 valence electrons. The molecule has 7 nitrogen and oxygen atoms in total. The number of carbonyl (C=O) groups is 1. The zero-order valence-corrected chi connectivity index (χ0v) is 20.1. The Labute approximate surface area is 209 Å². The summed E-state index contributed by atoms with van der Waals surface area (Å²) in [5, 5.41) is 6.66. The molecule has 1 aliphatic heterocycles. The van der Waals surface area contributed by atoms with E-state index in [0.717, 1.165) is 11.3 Å². The summed E-state index contributed by atoms with van der Waals surface area (Å²) in [5.41, 5.74) is 3.68. The number of rotatable bonds is 6. The summed E-state index contributed by atoms with van der Waals surface area (Å²) >= 11 is 0. The highest BCUT2D eigenvalue weighted by atomic mass is 16.5. The molecule has 7 heteroatoms. The fourth-order valence-electron chi connectivity index (χ4n) is 4.57. The smallest absolute Gasteiger partial charge is 0.355 e. The second kappa shape index (κ2) is 9.92. The van der Waals surface area contributed by atoms with Gasteiger partial charge in [0.1, 0.15) is 11.6 Å². The lowest BCUT2D eigenvalue weighted by Gasteiger charge is -2.33. The van der Waals surface area contributed by atoms with Gasteiger partial charge in [0, 0.05) is 16.9 Å². The van der Waals surface area contributed by atoms with Gasteiger partial charge in [-0.2, -0.15) is 4.98 Å². The second-order valence-electron chi connectivity index (χ2n) is 8.40. The summed E-state index contributed by atoms with van der Waals surface area (Å²) in [4.78, 5) is 31.2. The first-order chi connectivity index (χ1) is 17.6. The van der Waals surface area contributed by atoms with E-state index in [1.54, 1.807) is 11.5 Å². The standard InChI is InChI=1S/C29H26N4O3/c1-3-36-28(34)23-19(2)30-27-25(24(23)20-13-7-4-8-14-20)26(31-21-15-9-5-10-16-21)32-29(35)33(27)22-17-11-6-12-18-22/h4-18,24,30H,3H2,1-2H3,(H,31,32,35). The number of nitrogens with one attached hydrogen (secondary N) is 2. The third-order valence-electron chi connectivity index (χ3n) is 6.10. The summed E-state index contributed by atoms with van der Waals surface area (Å²) in [5.74, 6) is 0.00367. The summed E-state index contributed by atoms with van der Waals surface area (Å²) < 4.78 is 7.02. The third-order valence-corrected chi connectivity index (χ3v) is 6.10. The van der Waals surface area contributed by atoms with E-state index < -0.39 is 17.6 Å². The molecule has 0 aliphatic carbocycles. The molecular weight excluding hydrogens is 452 g/mol. The number of hydrogen-bond acceptors (Lipinski definition) is 6. The number of para-hydroxylation sites is 2. The molecule has 4 aromatic rings. The first-order valence-electron chi connectivity index (χ1n) is 11.8. The van der Waals surface area contributed by atoms with Crippen LogP contribution in [0.1, 0.15) is 30.9 Å². The van der Waals surface area contributed by atoms with Crippen molar-refractivity contribution in [2.75, 3.05) is 17.2 Å². The highest BCUT2D eigenvalue weighted by Crippen LogP contribution is 2.45. The first-order valence-corrected chi connectivity index (χ1v) is 11.8. The van der Waals surface area contributed by atoms with Crippen LogP contribution in [0.4, 0.5) is 17.3 Å². The van der Waals surface area contributed by atoms with Crippen LogP contribution in [0.2, 0.25) is 0 Å². The van der Waals surface area contributed by atoms with Crippen molar-refractivity contribution in [2.24, 2.45) is 0 Å². The molecule has 2 N–H and O–H groups in total. The van der Waals surface area contributed by atoms with Crippen LogP contribution < -0.4 is 16.3 Å². The molecule has 3 aromatic carbocycles. The molecule has 0 saturated carbocycles. The Morgan fingerprint density at radius 3 is 2.22 bits per heavy atom. The van der Waals surface area contributed by atoms with Crippen molar-refractivity contribution < 1.29 is 9.53 Å². The van der Waals surface area contributed by atoms with E-state index in [1.165, 1.54) is 0 Å². The molecule has 1 aliphatic rings. The number of hydrogen-bond donors (Lipinski definition) is 2. The molecule has 0 bridgehead atoms. The average molecular weight is 479 g/mol. The van der Waals surface area contributed by atoms with Crippen molar-refractivity contribution >= 4 is 23.3 Å². The van der Waals surface area contributed by atoms with Gasteiger partial charge in [0.2, 0.25) is 0 Å². The van der Waals surface area contributed by atoms with Gasteiger partial charge in [0.25, 0.3) is 0 Å². The number of nitrogens with zero attached hydrogens (tertiary/aromatic N) is 2. The molecule has 0 saturated heterocycles. The Morgan fingerprint density at radius 2 is 1.58 bits per heavy atom. The van der Waals surface area contributed by atoms with Crippen LogP contribution in [-0.2, 0) is 9.53 Å². The van der Waals surface area contributed by atoms with Crippen LogP contribution >= 0.6 is 0 Å². The maximum atomic E-state index is 13.4. The van der Waals surface area contributed by atoms with Crippen molar-refractivity contribution in [3.8, 4) is 5.69 Å². The lowest BCUT2D eigenvalue weighted by molar-refractivity contribution is -0.138. The quantitative estimate of drug-likeness (QED) is 0.363. The molecular formula is C29H26N4O3. The Kier molecular flexibility index (Phi) is 6.36. The van der Waals surface area contributed by atoms with Crippen LogP contribution in [0.25, 0.3) is 5.69 Å². The van der Waals surface area contributed by atoms with Crippen molar-refractivity contribution in [3.05, 3.63) is 124 Å². The molecule has 0 spiro atoms. The number of aromatic nitrogens is 2. The van der Waals surface area contributed by atoms with E-state index in [2.05, 4.69) is 15.6 Å². The highest BCUT2D eigenvalue weighted by molar-refractivity contribution is 5.95. The van der Waals surface area contributed by atoms with E-state index in [1.807, 2.05) is 97.9 Å². The van der Waals surface area contributed by atoms with Crippen LogP contribution in [0, 0.1) is 0 Å². The number of anilines is 3. The van der Waals surface area contributed by atoms with Crippen LogP contribution in [0.5, 0.6) is 0 Å². The molecule has 36 heavy (non-hydrogen) atoms. The van der Waals surface area contributed by atoms with Gasteiger partial charge >= 0.3 is 11.7 Å². The third kappa shape index (κ3) is 4.27. The predicted octanol–water partition coefficient (Wildman–Crippen LogP) is 5.37. The van der Waals surface area contributed by atoms with E-state index >= 15 is 0 Å². The Bertz CT molecular complexity index is 1480. The zero-order valence-electron chi connectivity index (χ0n) is 20.1. The van der Waals surface area contributed by atoms with Crippen LogP contribution in [0.3, 0.4) is 0 Å². The van der Waals surface area contributed by atoms with Crippen molar-refractivity contribution in [1.82, 2.24) is 9.55 Å². The van der Waals surface area contributed by atoms with Gasteiger partial charge < -0.3 is 15.4 Å². The number of ether oxygens (including phenoxy) is 1. The number of esters is 1. The van der Waals surface area contributed by atoms with Gasteiger partial charge in [0.05, 0.1) is 23.8 Å². The predicted molar refractivity (Wildman–Crippen MR) is 141 cm³/mol. The number of benzene rings is 3. The Morgan fingerprint density at radius 1 is 0.972 bits per heavy atom. The molecule has 1 atom stereocenters. The first kappa shape index (κ1) is 23.1. The fraction of sp³-hybridized carbons (Fsp3) is 0.138. The van der Waals surface area contributed by atoms with E-state index in [0.29, 0.717) is 34.2 Å². The van der Waals surface area contributed by atoms with Gasteiger partial charge in [-0.3, -0.25) is 0 Å². The van der Waals surface area contributed by atoms with E-state index in [4.69, 9.17) is 4.74 Å². The minimum Gasteiger partial charge on any atom is -0.463 e. The minimum atomic E-state index is -0.518. The van der Waals surface area contributed by atoms with Gasteiger partial charge in [-0.25, -0.2) is 14.2 Å². The lowest BCUT2D eigenvalue weighted by Crippen LogP contribution is -2.33. The SMILES string of the molecule is CCOC(=O)C1=C(C)Nc2c(c(Nc3ccccc3)nc(=O)n2-c2ccccc2)C1c1ccccc1. The monoisotopic (exact) mass is 478 g/mol.